The number of imidazole rings is 1. The third kappa shape index (κ3) is 4.41. The van der Waals surface area contributed by atoms with Crippen molar-refractivity contribution in [2.24, 2.45) is 15.7 Å². The predicted molar refractivity (Wildman–Crippen MR) is 92.9 cm³/mol. The van der Waals surface area contributed by atoms with Gasteiger partial charge >= 0.3 is 6.18 Å². The molecule has 0 bridgehead atoms. The van der Waals surface area contributed by atoms with Crippen molar-refractivity contribution in [1.29, 1.82) is 0 Å². The number of amides is 1. The average molecular weight is 384 g/mol. The summed E-state index contributed by atoms with van der Waals surface area (Å²) in [5.41, 5.74) is 6.24. The van der Waals surface area contributed by atoms with Crippen LogP contribution in [-0.2, 0) is 0 Å². The van der Waals surface area contributed by atoms with Gasteiger partial charge in [0.25, 0.3) is 5.91 Å². The van der Waals surface area contributed by atoms with E-state index in [-0.39, 0.29) is 30.5 Å². The van der Waals surface area contributed by atoms with Gasteiger partial charge in [0.1, 0.15) is 17.4 Å². The molecule has 1 amide bonds. The van der Waals surface area contributed by atoms with E-state index < -0.39 is 23.9 Å². The minimum atomic E-state index is -4.33. The van der Waals surface area contributed by atoms with Crippen LogP contribution in [0.3, 0.4) is 0 Å². The summed E-state index contributed by atoms with van der Waals surface area (Å²) in [6.45, 7) is 0.611. The van der Waals surface area contributed by atoms with E-state index in [1.807, 2.05) is 0 Å². The summed E-state index contributed by atoms with van der Waals surface area (Å²) in [7, 11) is 0. The second-order valence-electron chi connectivity index (χ2n) is 5.97. The number of aromatic amines is 1. The van der Waals surface area contributed by atoms with Gasteiger partial charge in [-0.15, -0.1) is 0 Å². The first-order valence-electron chi connectivity index (χ1n) is 8.10. The van der Waals surface area contributed by atoms with Crippen molar-refractivity contribution in [1.82, 2.24) is 9.97 Å². The fraction of sp³-hybridized carbons (Fsp3) is 0.375. The predicted octanol–water partition coefficient (Wildman–Crippen LogP) is 2.45. The molecule has 1 unspecified atom stereocenters. The minimum Gasteiger partial charge on any atom is -0.366 e. The van der Waals surface area contributed by atoms with Crippen LogP contribution in [0.15, 0.2) is 22.1 Å². The van der Waals surface area contributed by atoms with E-state index in [4.69, 9.17) is 5.73 Å². The first-order chi connectivity index (χ1) is 12.7. The molecule has 1 aliphatic heterocycles. The molecule has 0 saturated carbocycles. The molecular formula is C16H16F4N6O. The lowest BCUT2D eigenvalue weighted by atomic mass is 10.1. The number of halogens is 4. The number of benzene rings is 1. The first-order valence-corrected chi connectivity index (χ1v) is 8.10. The van der Waals surface area contributed by atoms with Crippen LogP contribution in [0.25, 0.3) is 11.0 Å². The van der Waals surface area contributed by atoms with Crippen molar-refractivity contribution in [3.63, 3.8) is 0 Å². The highest BCUT2D eigenvalue weighted by molar-refractivity contribution is 6.31. The Labute approximate surface area is 150 Å². The summed E-state index contributed by atoms with van der Waals surface area (Å²) in [6, 6.07) is 0.540. The van der Waals surface area contributed by atoms with Crippen molar-refractivity contribution < 1.29 is 22.4 Å². The number of carbonyl (C=O) groups is 1. The number of hydrogen-bond acceptors (Lipinski definition) is 5. The third-order valence-electron chi connectivity index (χ3n) is 3.99. The molecule has 144 valence electrons. The summed E-state index contributed by atoms with van der Waals surface area (Å²) in [6.07, 6.45) is -3.07. The van der Waals surface area contributed by atoms with Crippen LogP contribution < -0.4 is 11.1 Å². The summed E-state index contributed by atoms with van der Waals surface area (Å²) in [5.74, 6) is -1.11. The van der Waals surface area contributed by atoms with Crippen LogP contribution in [0, 0.1) is 5.82 Å². The summed E-state index contributed by atoms with van der Waals surface area (Å²) in [4.78, 5) is 26.0. The summed E-state index contributed by atoms with van der Waals surface area (Å²) < 4.78 is 51.1. The number of aromatic nitrogens is 2. The Morgan fingerprint density at radius 3 is 2.81 bits per heavy atom. The van der Waals surface area contributed by atoms with Crippen molar-refractivity contribution in [2.75, 3.05) is 18.4 Å². The average Bonchev–Trinajstić information content (AvgIpc) is 3.00. The molecule has 0 spiro atoms. The third-order valence-corrected chi connectivity index (χ3v) is 3.99. The number of nitrogens with one attached hydrogen (secondary N) is 2. The molecule has 7 nitrogen and oxygen atoms in total. The maximum absolute atomic E-state index is 13.5. The first kappa shape index (κ1) is 18.8. The standard InChI is InChI=1S/C16H16F4N6O/c17-8-5-10(14(21)27)13-11(6-8)25-15(26-13)23-4-3-22-9-1-2-12(24-7-9)16(18,19)20/h5-7,12H,1-4H2,(H2,21,27)(H2,23,25,26). The molecule has 1 aliphatic rings. The van der Waals surface area contributed by atoms with E-state index in [9.17, 15) is 22.4 Å². The van der Waals surface area contributed by atoms with Crippen LogP contribution in [0.5, 0.6) is 0 Å². The van der Waals surface area contributed by atoms with Crippen LogP contribution in [0.1, 0.15) is 23.2 Å². The quantitative estimate of drug-likeness (QED) is 0.544. The van der Waals surface area contributed by atoms with Gasteiger partial charge in [-0.3, -0.25) is 14.8 Å². The molecule has 0 fully saturated rings. The van der Waals surface area contributed by atoms with Crippen molar-refractivity contribution in [2.45, 2.75) is 25.1 Å². The molecule has 1 aromatic carbocycles. The van der Waals surface area contributed by atoms with Gasteiger partial charge < -0.3 is 16.0 Å². The topological polar surface area (TPSA) is 109 Å². The Hall–Kier alpha value is -2.98. The van der Waals surface area contributed by atoms with Crippen LogP contribution in [0.2, 0.25) is 0 Å². The Bertz CT molecular complexity index is 918. The van der Waals surface area contributed by atoms with E-state index in [1.165, 1.54) is 6.07 Å². The monoisotopic (exact) mass is 384 g/mol. The molecule has 2 heterocycles. The molecule has 4 N–H and O–H groups in total. The Kier molecular flexibility index (Phi) is 5.10. The molecule has 0 saturated heterocycles. The SMILES string of the molecule is NC(=O)c1cc(F)cc2[nH]c(NCCN=C3C=NC(C(F)(F)F)CC3)nc12. The highest BCUT2D eigenvalue weighted by atomic mass is 19.4. The van der Waals surface area contributed by atoms with Gasteiger partial charge in [0.2, 0.25) is 5.95 Å². The minimum absolute atomic E-state index is 0.0350. The van der Waals surface area contributed by atoms with Gasteiger partial charge in [0.15, 0.2) is 0 Å². The van der Waals surface area contributed by atoms with Gasteiger partial charge in [-0.05, 0) is 25.0 Å². The zero-order chi connectivity index (χ0) is 19.6. The van der Waals surface area contributed by atoms with E-state index in [2.05, 4.69) is 25.3 Å². The fourth-order valence-electron chi connectivity index (χ4n) is 2.70. The van der Waals surface area contributed by atoms with Gasteiger partial charge in [0, 0.05) is 12.8 Å². The number of nitrogens with two attached hydrogens (primary N) is 1. The number of nitrogens with zero attached hydrogens (tertiary/aromatic N) is 3. The van der Waals surface area contributed by atoms with Gasteiger partial charge in [-0.25, -0.2) is 9.37 Å². The van der Waals surface area contributed by atoms with E-state index in [0.717, 1.165) is 12.3 Å². The molecule has 0 radical (unpaired) electrons. The second-order valence-corrected chi connectivity index (χ2v) is 5.97. The van der Waals surface area contributed by atoms with Crippen molar-refractivity contribution in [3.8, 4) is 0 Å². The number of anilines is 1. The molecular weight excluding hydrogens is 368 g/mol. The fourth-order valence-corrected chi connectivity index (χ4v) is 2.70. The van der Waals surface area contributed by atoms with Gasteiger partial charge in [-0.2, -0.15) is 13.2 Å². The normalized spacial score (nSPS) is 19.0. The highest BCUT2D eigenvalue weighted by Crippen LogP contribution is 2.28. The molecule has 27 heavy (non-hydrogen) atoms. The largest absolute Gasteiger partial charge is 0.410 e. The maximum atomic E-state index is 13.5. The van der Waals surface area contributed by atoms with Gasteiger partial charge in [0.05, 0.1) is 23.3 Å². The van der Waals surface area contributed by atoms with Crippen LogP contribution in [-0.4, -0.2) is 53.1 Å². The molecule has 1 atom stereocenters. The van der Waals surface area contributed by atoms with Crippen molar-refractivity contribution in [3.05, 3.63) is 23.5 Å². The number of H-pyrrole nitrogens is 1. The zero-order valence-corrected chi connectivity index (χ0v) is 14.0. The number of fused-ring (bicyclic) bond motifs is 1. The van der Waals surface area contributed by atoms with Crippen LogP contribution >= 0.6 is 0 Å². The Morgan fingerprint density at radius 2 is 2.19 bits per heavy atom. The zero-order valence-electron chi connectivity index (χ0n) is 14.0. The maximum Gasteiger partial charge on any atom is 0.410 e. The lowest BCUT2D eigenvalue weighted by Gasteiger charge is -2.19. The lowest BCUT2D eigenvalue weighted by molar-refractivity contribution is -0.147. The summed E-state index contributed by atoms with van der Waals surface area (Å²) in [5, 5.41) is 2.92. The molecule has 11 heteroatoms. The molecule has 3 rings (SSSR count). The van der Waals surface area contributed by atoms with E-state index in [1.54, 1.807) is 0 Å². The Balaban J connectivity index is 1.60. The molecule has 2 aromatic rings. The molecule has 0 aliphatic carbocycles. The number of primary amides is 1. The van der Waals surface area contributed by atoms with E-state index >= 15 is 0 Å². The van der Waals surface area contributed by atoms with E-state index in [0.29, 0.717) is 23.7 Å². The Morgan fingerprint density at radius 1 is 1.41 bits per heavy atom. The van der Waals surface area contributed by atoms with Crippen LogP contribution in [0.4, 0.5) is 23.5 Å². The van der Waals surface area contributed by atoms with Crippen molar-refractivity contribution >= 4 is 34.8 Å². The molecule has 1 aromatic heterocycles. The summed E-state index contributed by atoms with van der Waals surface area (Å²) >= 11 is 0. The van der Waals surface area contributed by atoms with Gasteiger partial charge in [-0.1, -0.05) is 0 Å². The second kappa shape index (κ2) is 7.33. The number of alkyl halides is 3. The number of rotatable bonds is 5. The highest BCUT2D eigenvalue weighted by Gasteiger charge is 2.40. The number of aliphatic imine (C=N–C) groups is 2. The number of hydrogen-bond donors (Lipinski definition) is 3. The number of carbonyl (C=O) groups excluding carboxylic acids is 1. The smallest absolute Gasteiger partial charge is 0.366 e. The lowest BCUT2D eigenvalue weighted by Crippen LogP contribution is -2.31.